The molecule has 1 atom stereocenters. The highest BCUT2D eigenvalue weighted by Gasteiger charge is 2.20. The number of thioether (sulfide) groups is 1. The number of nitrogens with one attached hydrogen (secondary N) is 2. The summed E-state index contributed by atoms with van der Waals surface area (Å²) in [6, 6.07) is 7.61. The van der Waals surface area contributed by atoms with Gasteiger partial charge in [-0.15, -0.1) is 10.2 Å². The Hall–Kier alpha value is -2.88. The fraction of sp³-hybridized carbons (Fsp3) is 0.542. The standard InChI is InChI=1S/C24H32N6O3S/c1-3-16(2)25-20(31)13-14-29-22(33)18-11-7-8-12-19(18)30-23(29)27-28-24(30)34-15-21(32)26-17-9-5-4-6-10-17/h7-8,11-12,16-17H,3-6,9-10,13-15H2,1-2H3,(H,25,31)(H,26,32). The Balaban J connectivity index is 1.57. The van der Waals surface area contributed by atoms with Gasteiger partial charge in [-0.3, -0.25) is 23.4 Å². The average molecular weight is 485 g/mol. The van der Waals surface area contributed by atoms with Crippen molar-refractivity contribution >= 4 is 40.3 Å². The summed E-state index contributed by atoms with van der Waals surface area (Å²) in [5.41, 5.74) is 0.474. The van der Waals surface area contributed by atoms with Crippen LogP contribution in [0.1, 0.15) is 58.8 Å². The van der Waals surface area contributed by atoms with Gasteiger partial charge in [-0.1, -0.05) is 50.1 Å². The molecular formula is C24H32N6O3S. The molecular weight excluding hydrogens is 452 g/mol. The number of carbonyl (C=O) groups is 2. The molecule has 0 radical (unpaired) electrons. The van der Waals surface area contributed by atoms with Crippen molar-refractivity contribution in [1.82, 2.24) is 29.8 Å². The first-order valence-corrected chi connectivity index (χ1v) is 13.0. The summed E-state index contributed by atoms with van der Waals surface area (Å²) in [6.07, 6.45) is 6.62. The molecule has 10 heteroatoms. The zero-order valence-corrected chi connectivity index (χ0v) is 20.6. The Morgan fingerprint density at radius 3 is 2.68 bits per heavy atom. The molecule has 1 aliphatic rings. The molecule has 2 N–H and O–H groups in total. The van der Waals surface area contributed by atoms with Gasteiger partial charge in [0.2, 0.25) is 17.6 Å². The molecule has 1 unspecified atom stereocenters. The molecule has 0 saturated heterocycles. The molecule has 2 amide bonds. The summed E-state index contributed by atoms with van der Waals surface area (Å²) in [6.45, 7) is 4.15. The van der Waals surface area contributed by atoms with E-state index in [1.807, 2.05) is 36.4 Å². The van der Waals surface area contributed by atoms with Crippen molar-refractivity contribution in [3.63, 3.8) is 0 Å². The van der Waals surface area contributed by atoms with Crippen molar-refractivity contribution in [3.05, 3.63) is 34.6 Å². The topological polar surface area (TPSA) is 110 Å². The summed E-state index contributed by atoms with van der Waals surface area (Å²) in [4.78, 5) is 38.1. The lowest BCUT2D eigenvalue weighted by Gasteiger charge is -2.22. The smallest absolute Gasteiger partial charge is 0.262 e. The zero-order chi connectivity index (χ0) is 24.1. The molecule has 0 bridgehead atoms. The molecule has 0 spiro atoms. The number of hydrogen-bond acceptors (Lipinski definition) is 6. The van der Waals surface area contributed by atoms with E-state index in [2.05, 4.69) is 20.8 Å². The van der Waals surface area contributed by atoms with Crippen molar-refractivity contribution in [3.8, 4) is 0 Å². The number of rotatable bonds is 9. The Kier molecular flexibility index (Phi) is 7.87. The van der Waals surface area contributed by atoms with Crippen LogP contribution in [0.2, 0.25) is 0 Å². The average Bonchev–Trinajstić information content (AvgIpc) is 3.27. The predicted octanol–water partition coefficient (Wildman–Crippen LogP) is 2.89. The van der Waals surface area contributed by atoms with Gasteiger partial charge in [0, 0.05) is 25.0 Å². The van der Waals surface area contributed by atoms with Gasteiger partial charge >= 0.3 is 0 Å². The third kappa shape index (κ3) is 5.43. The fourth-order valence-electron chi connectivity index (χ4n) is 4.34. The summed E-state index contributed by atoms with van der Waals surface area (Å²) >= 11 is 1.30. The third-order valence-corrected chi connectivity index (χ3v) is 7.29. The number of para-hydroxylation sites is 1. The van der Waals surface area contributed by atoms with E-state index in [4.69, 9.17) is 0 Å². The molecule has 1 fully saturated rings. The monoisotopic (exact) mass is 484 g/mol. The van der Waals surface area contributed by atoms with Gasteiger partial charge in [0.1, 0.15) is 0 Å². The van der Waals surface area contributed by atoms with E-state index in [-0.39, 0.29) is 48.2 Å². The van der Waals surface area contributed by atoms with Gasteiger partial charge in [-0.2, -0.15) is 0 Å². The molecule has 1 saturated carbocycles. The second-order valence-corrected chi connectivity index (χ2v) is 9.85. The van der Waals surface area contributed by atoms with Crippen molar-refractivity contribution < 1.29 is 9.59 Å². The van der Waals surface area contributed by atoms with Crippen LogP contribution in [0.4, 0.5) is 0 Å². The number of benzene rings is 1. The maximum absolute atomic E-state index is 13.2. The van der Waals surface area contributed by atoms with Crippen molar-refractivity contribution in [2.75, 3.05) is 5.75 Å². The maximum atomic E-state index is 13.2. The van der Waals surface area contributed by atoms with Crippen molar-refractivity contribution in [1.29, 1.82) is 0 Å². The van der Waals surface area contributed by atoms with Crippen LogP contribution >= 0.6 is 11.8 Å². The maximum Gasteiger partial charge on any atom is 0.262 e. The second kappa shape index (κ2) is 11.0. The Morgan fingerprint density at radius 1 is 1.15 bits per heavy atom. The summed E-state index contributed by atoms with van der Waals surface area (Å²) < 4.78 is 3.31. The predicted molar refractivity (Wildman–Crippen MR) is 133 cm³/mol. The summed E-state index contributed by atoms with van der Waals surface area (Å²) in [7, 11) is 0. The Morgan fingerprint density at radius 2 is 1.91 bits per heavy atom. The molecule has 4 rings (SSSR count). The highest BCUT2D eigenvalue weighted by molar-refractivity contribution is 7.99. The minimum absolute atomic E-state index is 0.0204. The molecule has 1 aromatic carbocycles. The lowest BCUT2D eigenvalue weighted by Crippen LogP contribution is -2.37. The number of fused-ring (bicyclic) bond motifs is 3. The van der Waals surface area contributed by atoms with E-state index in [9.17, 15) is 14.4 Å². The number of carbonyl (C=O) groups excluding carboxylic acids is 2. The first-order chi connectivity index (χ1) is 16.5. The van der Waals surface area contributed by atoms with Gasteiger partial charge in [0.15, 0.2) is 5.16 Å². The summed E-state index contributed by atoms with van der Waals surface area (Å²) in [5, 5.41) is 15.7. The molecule has 2 aromatic heterocycles. The van der Waals surface area contributed by atoms with Gasteiger partial charge in [-0.05, 0) is 38.3 Å². The molecule has 3 aromatic rings. The van der Waals surface area contributed by atoms with Crippen LogP contribution in [0.25, 0.3) is 16.7 Å². The normalized spacial score (nSPS) is 15.5. The number of nitrogens with zero attached hydrogens (tertiary/aromatic N) is 4. The van der Waals surface area contributed by atoms with Gasteiger partial charge < -0.3 is 10.6 Å². The largest absolute Gasteiger partial charge is 0.354 e. The molecule has 9 nitrogen and oxygen atoms in total. The van der Waals surface area contributed by atoms with Crippen LogP contribution in [0, 0.1) is 0 Å². The van der Waals surface area contributed by atoms with E-state index in [0.29, 0.717) is 21.8 Å². The van der Waals surface area contributed by atoms with E-state index >= 15 is 0 Å². The van der Waals surface area contributed by atoms with Gasteiger partial charge in [0.05, 0.1) is 16.7 Å². The van der Waals surface area contributed by atoms with Crippen LogP contribution in [0.15, 0.2) is 34.2 Å². The fourth-order valence-corrected chi connectivity index (χ4v) is 5.09. The highest BCUT2D eigenvalue weighted by atomic mass is 32.2. The lowest BCUT2D eigenvalue weighted by molar-refractivity contribution is -0.122. The van der Waals surface area contributed by atoms with Crippen LogP contribution in [-0.4, -0.2) is 48.8 Å². The molecule has 182 valence electrons. The second-order valence-electron chi connectivity index (χ2n) is 8.91. The van der Waals surface area contributed by atoms with Crippen LogP contribution in [0.3, 0.4) is 0 Å². The molecule has 2 heterocycles. The quantitative estimate of drug-likeness (QED) is 0.452. The minimum Gasteiger partial charge on any atom is -0.354 e. The number of aryl methyl sites for hydroxylation is 1. The van der Waals surface area contributed by atoms with Gasteiger partial charge in [0.25, 0.3) is 5.56 Å². The minimum atomic E-state index is -0.210. The van der Waals surface area contributed by atoms with Crippen LogP contribution < -0.4 is 16.2 Å². The van der Waals surface area contributed by atoms with E-state index in [0.717, 1.165) is 32.1 Å². The number of amides is 2. The van der Waals surface area contributed by atoms with E-state index in [1.165, 1.54) is 22.7 Å². The third-order valence-electron chi connectivity index (χ3n) is 6.36. The van der Waals surface area contributed by atoms with Crippen LogP contribution in [-0.2, 0) is 16.1 Å². The van der Waals surface area contributed by atoms with Crippen LogP contribution in [0.5, 0.6) is 0 Å². The lowest BCUT2D eigenvalue weighted by atomic mass is 9.95. The Bertz CT molecular complexity index is 1230. The first kappa shape index (κ1) is 24.3. The SMILES string of the molecule is CCC(C)NC(=O)CCn1c(=O)c2ccccc2n2c(SCC(=O)NC3CCCCC3)nnc12. The highest BCUT2D eigenvalue weighted by Crippen LogP contribution is 2.22. The molecule has 34 heavy (non-hydrogen) atoms. The number of aromatic nitrogens is 4. The number of hydrogen-bond donors (Lipinski definition) is 2. The zero-order valence-electron chi connectivity index (χ0n) is 19.7. The van der Waals surface area contributed by atoms with E-state index in [1.54, 1.807) is 6.07 Å². The first-order valence-electron chi connectivity index (χ1n) is 12.1. The van der Waals surface area contributed by atoms with Crippen molar-refractivity contribution in [2.24, 2.45) is 0 Å². The van der Waals surface area contributed by atoms with E-state index < -0.39 is 0 Å². The summed E-state index contributed by atoms with van der Waals surface area (Å²) in [5.74, 6) is 0.464. The molecule has 0 aliphatic heterocycles. The Labute approximate surface area is 202 Å². The van der Waals surface area contributed by atoms with Gasteiger partial charge in [-0.25, -0.2) is 0 Å². The van der Waals surface area contributed by atoms with Crippen molar-refractivity contribution in [2.45, 2.75) is 82.6 Å². The molecule has 1 aliphatic carbocycles.